The minimum Gasteiger partial charge on any atom is -0.487 e. The lowest BCUT2D eigenvalue weighted by Gasteiger charge is -2.38. The van der Waals surface area contributed by atoms with Crippen LogP contribution in [0, 0.1) is 5.82 Å². The smallest absolute Gasteiger partial charge is 0.341 e. The Bertz CT molecular complexity index is 1250. The number of rotatable bonds is 4. The van der Waals surface area contributed by atoms with Crippen molar-refractivity contribution in [2.75, 3.05) is 37.7 Å². The first kappa shape index (κ1) is 20.4. The Morgan fingerprint density at radius 2 is 2.09 bits per heavy atom. The predicted molar refractivity (Wildman–Crippen MR) is 117 cm³/mol. The van der Waals surface area contributed by atoms with Gasteiger partial charge in [0.15, 0.2) is 11.6 Å². The largest absolute Gasteiger partial charge is 0.487 e. The summed E-state index contributed by atoms with van der Waals surface area (Å²) in [5.41, 5.74) is 0.848. The molecule has 0 radical (unpaired) electrons. The van der Waals surface area contributed by atoms with Crippen molar-refractivity contribution in [3.63, 3.8) is 0 Å². The Morgan fingerprint density at radius 1 is 1.31 bits per heavy atom. The monoisotopic (exact) mass is 438 g/mol. The second kappa shape index (κ2) is 7.90. The number of piperazine rings is 1. The molecule has 5 rings (SSSR count). The van der Waals surface area contributed by atoms with Gasteiger partial charge in [-0.2, -0.15) is 0 Å². The maximum Gasteiger partial charge on any atom is 0.341 e. The quantitative estimate of drug-likeness (QED) is 0.670. The molecule has 4 heterocycles. The fraction of sp³-hybridized carbons (Fsp3) is 0.348. The second-order valence-corrected chi connectivity index (χ2v) is 8.30. The number of halogens is 1. The summed E-state index contributed by atoms with van der Waals surface area (Å²) < 4.78 is 23.0. The van der Waals surface area contributed by atoms with E-state index >= 15 is 4.39 Å². The van der Waals surface area contributed by atoms with Crippen LogP contribution in [0.15, 0.2) is 41.6 Å². The zero-order valence-electron chi connectivity index (χ0n) is 17.6. The van der Waals surface area contributed by atoms with Gasteiger partial charge in [-0.1, -0.05) is 6.07 Å². The van der Waals surface area contributed by atoms with E-state index in [-0.39, 0.29) is 23.6 Å². The number of carbonyl (C=O) groups is 1. The average Bonchev–Trinajstić information content (AvgIpc) is 2.78. The molecule has 1 fully saturated rings. The number of nitrogens with zero attached hydrogens (tertiary/aromatic N) is 4. The van der Waals surface area contributed by atoms with Crippen molar-refractivity contribution in [1.82, 2.24) is 14.5 Å². The van der Waals surface area contributed by atoms with Crippen molar-refractivity contribution >= 4 is 22.6 Å². The van der Waals surface area contributed by atoms with Crippen LogP contribution in [0.25, 0.3) is 10.9 Å². The zero-order chi connectivity index (χ0) is 22.4. The Kier molecular flexibility index (Phi) is 5.05. The van der Waals surface area contributed by atoms with Gasteiger partial charge in [0.2, 0.25) is 5.43 Å². The Balaban J connectivity index is 1.51. The molecule has 8 nitrogen and oxygen atoms in total. The zero-order valence-corrected chi connectivity index (χ0v) is 17.6. The standard InChI is InChI=1S/C23H23FN4O4/c1-14-13-32-22-19-16(21(29)17(23(30)31)12-28(14)19)9-18(24)20(22)27-7-5-26(6-8-27)11-15-3-2-4-25-10-15/h2-4,9-10,12,14H,5-8,11,13H2,1H3,(H,30,31)/t14-/m0/s1. The van der Waals surface area contributed by atoms with Crippen molar-refractivity contribution < 1.29 is 19.0 Å². The third kappa shape index (κ3) is 3.38. The van der Waals surface area contributed by atoms with Crippen LogP contribution in [0.4, 0.5) is 10.1 Å². The first-order chi connectivity index (χ1) is 15.4. The van der Waals surface area contributed by atoms with Crippen LogP contribution in [0.5, 0.6) is 5.75 Å². The van der Waals surface area contributed by atoms with Crippen LogP contribution in [-0.4, -0.2) is 58.3 Å². The van der Waals surface area contributed by atoms with Crippen molar-refractivity contribution in [3.8, 4) is 5.75 Å². The number of benzene rings is 1. The molecule has 1 atom stereocenters. The molecule has 2 aliphatic rings. The lowest BCUT2D eigenvalue weighted by molar-refractivity contribution is 0.0694. The van der Waals surface area contributed by atoms with E-state index < -0.39 is 17.2 Å². The van der Waals surface area contributed by atoms with Gasteiger partial charge in [0.25, 0.3) is 0 Å². The molecule has 32 heavy (non-hydrogen) atoms. The Labute approximate surface area is 183 Å². The molecule has 1 aromatic carbocycles. The van der Waals surface area contributed by atoms with Crippen LogP contribution < -0.4 is 15.1 Å². The summed E-state index contributed by atoms with van der Waals surface area (Å²) in [5.74, 6) is -1.59. The van der Waals surface area contributed by atoms with E-state index in [0.29, 0.717) is 30.0 Å². The molecular formula is C23H23FN4O4. The molecule has 1 N–H and O–H groups in total. The van der Waals surface area contributed by atoms with Gasteiger partial charge >= 0.3 is 5.97 Å². The molecule has 3 aromatic rings. The van der Waals surface area contributed by atoms with Crippen LogP contribution >= 0.6 is 0 Å². The van der Waals surface area contributed by atoms with E-state index in [0.717, 1.165) is 31.3 Å². The van der Waals surface area contributed by atoms with Crippen molar-refractivity contribution in [3.05, 3.63) is 64.0 Å². The number of aromatic nitrogens is 2. The van der Waals surface area contributed by atoms with E-state index in [9.17, 15) is 14.7 Å². The van der Waals surface area contributed by atoms with Crippen LogP contribution in [0.3, 0.4) is 0 Å². The van der Waals surface area contributed by atoms with E-state index in [1.807, 2.05) is 30.2 Å². The molecule has 9 heteroatoms. The lowest BCUT2D eigenvalue weighted by atomic mass is 10.1. The minimum absolute atomic E-state index is 0.0305. The highest BCUT2D eigenvalue weighted by atomic mass is 19.1. The second-order valence-electron chi connectivity index (χ2n) is 8.30. The number of hydrogen-bond acceptors (Lipinski definition) is 6. The van der Waals surface area contributed by atoms with E-state index in [4.69, 9.17) is 4.74 Å². The number of ether oxygens (including phenoxy) is 1. The predicted octanol–water partition coefficient (Wildman–Crippen LogP) is 2.51. The maximum absolute atomic E-state index is 15.3. The first-order valence-corrected chi connectivity index (χ1v) is 10.6. The maximum atomic E-state index is 15.3. The van der Waals surface area contributed by atoms with Crippen LogP contribution in [0.1, 0.15) is 28.9 Å². The SMILES string of the molecule is C[C@H]1COc2c(N3CCN(Cc4cccnc4)CC3)c(F)cc3c(=O)c(C(=O)O)cn1c23. The molecule has 166 valence electrons. The van der Waals surface area contributed by atoms with Gasteiger partial charge in [0.1, 0.15) is 17.9 Å². The number of carboxylic acids is 1. The summed E-state index contributed by atoms with van der Waals surface area (Å²) in [6.45, 7) is 5.61. The van der Waals surface area contributed by atoms with Gasteiger partial charge in [-0.25, -0.2) is 9.18 Å². The topological polar surface area (TPSA) is 87.9 Å². The van der Waals surface area contributed by atoms with Crippen LogP contribution in [-0.2, 0) is 6.54 Å². The van der Waals surface area contributed by atoms with Gasteiger partial charge in [-0.15, -0.1) is 0 Å². The lowest BCUT2D eigenvalue weighted by Crippen LogP contribution is -2.46. The van der Waals surface area contributed by atoms with Crippen molar-refractivity contribution in [2.24, 2.45) is 0 Å². The fourth-order valence-corrected chi connectivity index (χ4v) is 4.54. The van der Waals surface area contributed by atoms with Crippen molar-refractivity contribution in [1.29, 1.82) is 0 Å². The van der Waals surface area contributed by atoms with Crippen molar-refractivity contribution in [2.45, 2.75) is 19.5 Å². The van der Waals surface area contributed by atoms with E-state index in [1.165, 1.54) is 6.20 Å². The fourth-order valence-electron chi connectivity index (χ4n) is 4.54. The molecule has 0 aliphatic carbocycles. The van der Waals surface area contributed by atoms with Gasteiger partial charge in [0.05, 0.1) is 16.9 Å². The average molecular weight is 438 g/mol. The molecule has 0 bridgehead atoms. The molecule has 0 saturated carbocycles. The summed E-state index contributed by atoms with van der Waals surface area (Å²) in [7, 11) is 0. The highest BCUT2D eigenvalue weighted by Gasteiger charge is 2.31. The summed E-state index contributed by atoms with van der Waals surface area (Å²) >= 11 is 0. The number of anilines is 1. The molecular weight excluding hydrogens is 415 g/mol. The summed E-state index contributed by atoms with van der Waals surface area (Å²) in [5, 5.41) is 9.45. The highest BCUT2D eigenvalue weighted by Crippen LogP contribution is 2.42. The molecule has 2 aromatic heterocycles. The summed E-state index contributed by atoms with van der Waals surface area (Å²) in [6, 6.07) is 4.92. The number of carboxylic acid groups (broad SMARTS) is 1. The van der Waals surface area contributed by atoms with E-state index in [2.05, 4.69) is 9.88 Å². The number of aromatic carboxylic acids is 1. The third-order valence-electron chi connectivity index (χ3n) is 6.19. The molecule has 0 unspecified atom stereocenters. The third-order valence-corrected chi connectivity index (χ3v) is 6.19. The molecule has 0 amide bonds. The van der Waals surface area contributed by atoms with Crippen LogP contribution in [0.2, 0.25) is 0 Å². The minimum atomic E-state index is -1.32. The number of pyridine rings is 2. The molecule has 1 saturated heterocycles. The number of hydrogen-bond donors (Lipinski definition) is 1. The molecule has 2 aliphatic heterocycles. The molecule has 0 spiro atoms. The summed E-state index contributed by atoms with van der Waals surface area (Å²) in [4.78, 5) is 32.7. The Hall–Kier alpha value is -3.46. The normalized spacial score (nSPS) is 18.6. The van der Waals surface area contributed by atoms with Gasteiger partial charge in [-0.05, 0) is 24.6 Å². The highest BCUT2D eigenvalue weighted by molar-refractivity contribution is 5.97. The van der Waals surface area contributed by atoms with E-state index in [1.54, 1.807) is 10.8 Å². The first-order valence-electron chi connectivity index (χ1n) is 10.6. The van der Waals surface area contributed by atoms with Gasteiger partial charge in [0, 0.05) is 51.3 Å². The van der Waals surface area contributed by atoms with Gasteiger partial charge < -0.3 is 19.3 Å². The van der Waals surface area contributed by atoms with Gasteiger partial charge in [-0.3, -0.25) is 14.7 Å². The Morgan fingerprint density at radius 3 is 2.78 bits per heavy atom. The summed E-state index contributed by atoms with van der Waals surface area (Å²) in [6.07, 6.45) is 4.94.